The van der Waals surface area contributed by atoms with E-state index in [9.17, 15) is 9.59 Å². The van der Waals surface area contributed by atoms with Gasteiger partial charge in [0.15, 0.2) is 0 Å². The molecule has 0 unspecified atom stereocenters. The number of hydrogen-bond donors (Lipinski definition) is 2. The number of aromatic amines is 2. The van der Waals surface area contributed by atoms with Gasteiger partial charge in [0.2, 0.25) is 5.91 Å². The number of rotatable bonds is 5. The van der Waals surface area contributed by atoms with Crippen molar-refractivity contribution in [2.45, 2.75) is 32.1 Å². The van der Waals surface area contributed by atoms with Gasteiger partial charge >= 0.3 is 0 Å². The Labute approximate surface area is 150 Å². The van der Waals surface area contributed by atoms with Gasteiger partial charge in [0, 0.05) is 38.4 Å². The lowest BCUT2D eigenvalue weighted by atomic mass is 9.94. The molecule has 0 saturated carbocycles. The van der Waals surface area contributed by atoms with Crippen molar-refractivity contribution in [3.63, 3.8) is 0 Å². The number of aromatic nitrogens is 3. The van der Waals surface area contributed by atoms with E-state index < -0.39 is 0 Å². The molecule has 0 radical (unpaired) electrons. The fraction of sp³-hybridized carbons (Fsp3) is 0.421. The number of piperidine rings is 1. The lowest BCUT2D eigenvalue weighted by molar-refractivity contribution is -0.133. The fourth-order valence-electron chi connectivity index (χ4n) is 3.67. The normalized spacial score (nSPS) is 17.7. The van der Waals surface area contributed by atoms with Crippen molar-refractivity contribution in [1.82, 2.24) is 20.0 Å². The number of aryl methyl sites for hydroxylation is 1. The molecule has 0 bridgehead atoms. The first kappa shape index (κ1) is 16.6. The number of benzene rings is 1. The average Bonchev–Trinajstić information content (AvgIpc) is 3.25. The molecule has 1 aliphatic heterocycles. The molecule has 1 atom stereocenters. The number of nitrogens with one attached hydrogen (secondary N) is 2. The van der Waals surface area contributed by atoms with Crippen LogP contribution >= 0.6 is 0 Å². The highest BCUT2D eigenvalue weighted by molar-refractivity contribution is 5.76. The first-order chi connectivity index (χ1) is 12.7. The van der Waals surface area contributed by atoms with Crippen LogP contribution in [-0.2, 0) is 17.6 Å². The molecule has 3 aromatic rings. The van der Waals surface area contributed by atoms with Crippen LogP contribution in [-0.4, -0.2) is 39.0 Å². The van der Waals surface area contributed by atoms with E-state index >= 15 is 0 Å². The number of fused-ring (bicyclic) bond motifs is 1. The van der Waals surface area contributed by atoms with Crippen LogP contribution in [0, 0.1) is 5.92 Å². The van der Waals surface area contributed by atoms with Crippen molar-refractivity contribution in [2.24, 2.45) is 5.92 Å². The molecule has 2 N–H and O–H groups in total. The first-order valence-corrected chi connectivity index (χ1v) is 9.06. The SMILES string of the molecule is O=C(CCc1cc(=O)[nH]o1)N1CCC[C@@H](Cc2nc3ccccc3[nH]2)C1. The number of amides is 1. The predicted molar refractivity (Wildman–Crippen MR) is 96.8 cm³/mol. The maximum absolute atomic E-state index is 12.5. The molecule has 1 aromatic carbocycles. The topological polar surface area (TPSA) is 95.0 Å². The molecule has 3 heterocycles. The maximum Gasteiger partial charge on any atom is 0.280 e. The van der Waals surface area contributed by atoms with Crippen molar-refractivity contribution in [1.29, 1.82) is 0 Å². The fourth-order valence-corrected chi connectivity index (χ4v) is 3.67. The van der Waals surface area contributed by atoms with Crippen LogP contribution in [0.15, 0.2) is 39.6 Å². The number of nitrogens with zero attached hydrogens (tertiary/aromatic N) is 2. The van der Waals surface area contributed by atoms with E-state index in [4.69, 9.17) is 4.52 Å². The summed E-state index contributed by atoms with van der Waals surface area (Å²) < 4.78 is 5.01. The molecule has 4 rings (SSSR count). The molecular formula is C19H22N4O3. The molecule has 26 heavy (non-hydrogen) atoms. The summed E-state index contributed by atoms with van der Waals surface area (Å²) in [7, 11) is 0. The molecule has 7 nitrogen and oxygen atoms in total. The van der Waals surface area contributed by atoms with Crippen molar-refractivity contribution in [2.75, 3.05) is 13.1 Å². The highest BCUT2D eigenvalue weighted by Gasteiger charge is 2.24. The van der Waals surface area contributed by atoms with Crippen molar-refractivity contribution in [3.8, 4) is 0 Å². The number of H-pyrrole nitrogens is 2. The molecule has 0 spiro atoms. The molecule has 2 aromatic heterocycles. The van der Waals surface area contributed by atoms with Gasteiger partial charge in [-0.1, -0.05) is 12.1 Å². The number of hydrogen-bond acceptors (Lipinski definition) is 4. The largest absolute Gasteiger partial charge is 0.384 e. The van der Waals surface area contributed by atoms with Gasteiger partial charge in [-0.3, -0.25) is 9.59 Å². The molecule has 0 aliphatic carbocycles. The van der Waals surface area contributed by atoms with Gasteiger partial charge in [0.25, 0.3) is 5.56 Å². The summed E-state index contributed by atoms with van der Waals surface area (Å²) in [6, 6.07) is 9.42. The Balaban J connectivity index is 1.34. The average molecular weight is 354 g/mol. The molecule has 136 valence electrons. The number of likely N-dealkylation sites (tertiary alicyclic amines) is 1. The van der Waals surface area contributed by atoms with Gasteiger partial charge in [-0.05, 0) is 30.9 Å². The second-order valence-electron chi connectivity index (χ2n) is 6.93. The van der Waals surface area contributed by atoms with Crippen molar-refractivity contribution >= 4 is 16.9 Å². The van der Waals surface area contributed by atoms with E-state index in [0.29, 0.717) is 24.5 Å². The lowest BCUT2D eigenvalue weighted by Crippen LogP contribution is -2.40. The second-order valence-corrected chi connectivity index (χ2v) is 6.93. The number of carbonyl (C=O) groups is 1. The molecule has 1 saturated heterocycles. The molecule has 1 amide bonds. The third kappa shape index (κ3) is 3.71. The van der Waals surface area contributed by atoms with Gasteiger partial charge in [0.1, 0.15) is 11.6 Å². The van der Waals surface area contributed by atoms with Crippen molar-refractivity contribution in [3.05, 3.63) is 52.3 Å². The maximum atomic E-state index is 12.5. The van der Waals surface area contributed by atoms with E-state index in [1.807, 2.05) is 29.2 Å². The smallest absolute Gasteiger partial charge is 0.280 e. The van der Waals surface area contributed by atoms with E-state index in [2.05, 4.69) is 15.1 Å². The zero-order valence-corrected chi connectivity index (χ0v) is 14.5. The third-order valence-corrected chi connectivity index (χ3v) is 4.95. The lowest BCUT2D eigenvalue weighted by Gasteiger charge is -2.32. The minimum absolute atomic E-state index is 0.114. The van der Waals surface area contributed by atoms with Gasteiger partial charge in [-0.15, -0.1) is 0 Å². The quantitative estimate of drug-likeness (QED) is 0.735. The molecule has 1 fully saturated rings. The van der Waals surface area contributed by atoms with Crippen LogP contribution in [0.25, 0.3) is 11.0 Å². The summed E-state index contributed by atoms with van der Waals surface area (Å²) in [4.78, 5) is 33.5. The Hall–Kier alpha value is -2.83. The minimum atomic E-state index is -0.267. The summed E-state index contributed by atoms with van der Waals surface area (Å²) in [6.07, 6.45) is 3.77. The molecular weight excluding hydrogens is 332 g/mol. The van der Waals surface area contributed by atoms with Crippen LogP contribution in [0.1, 0.15) is 30.8 Å². The highest BCUT2D eigenvalue weighted by Crippen LogP contribution is 2.22. The zero-order valence-electron chi connectivity index (χ0n) is 14.5. The monoisotopic (exact) mass is 354 g/mol. The van der Waals surface area contributed by atoms with E-state index in [0.717, 1.165) is 49.2 Å². The van der Waals surface area contributed by atoms with Crippen LogP contribution in [0.5, 0.6) is 0 Å². The Kier molecular flexibility index (Phi) is 4.60. The Morgan fingerprint density at radius 1 is 1.35 bits per heavy atom. The third-order valence-electron chi connectivity index (χ3n) is 4.95. The van der Waals surface area contributed by atoms with Gasteiger partial charge < -0.3 is 14.4 Å². The van der Waals surface area contributed by atoms with Gasteiger partial charge in [0.05, 0.1) is 11.0 Å². The summed E-state index contributed by atoms with van der Waals surface area (Å²) in [5.74, 6) is 2.04. The van der Waals surface area contributed by atoms with Crippen LogP contribution in [0.2, 0.25) is 0 Å². The number of carbonyl (C=O) groups excluding carboxylic acids is 1. The summed E-state index contributed by atoms with van der Waals surface area (Å²) >= 11 is 0. The molecule has 1 aliphatic rings. The predicted octanol–water partition coefficient (Wildman–Crippen LogP) is 2.26. The summed E-state index contributed by atoms with van der Waals surface area (Å²) in [6.45, 7) is 1.56. The van der Waals surface area contributed by atoms with Gasteiger partial charge in [-0.25, -0.2) is 4.98 Å². The Morgan fingerprint density at radius 2 is 2.23 bits per heavy atom. The minimum Gasteiger partial charge on any atom is -0.384 e. The van der Waals surface area contributed by atoms with Gasteiger partial charge in [-0.2, -0.15) is 5.16 Å². The first-order valence-electron chi connectivity index (χ1n) is 9.06. The van der Waals surface area contributed by atoms with Crippen LogP contribution in [0.4, 0.5) is 0 Å². The zero-order chi connectivity index (χ0) is 17.9. The second kappa shape index (κ2) is 7.19. The molecule has 7 heteroatoms. The standard InChI is InChI=1S/C19H22N4O3/c24-18-11-14(26-22-18)7-8-19(25)23-9-3-4-13(12-23)10-17-20-15-5-1-2-6-16(15)21-17/h1-2,5-6,11,13H,3-4,7-10,12H2,(H,20,21)(H,22,24)/t13-/m0/s1. The van der Waals surface area contributed by atoms with E-state index in [-0.39, 0.29) is 11.5 Å². The summed E-state index contributed by atoms with van der Waals surface area (Å²) in [5, 5.41) is 2.25. The van der Waals surface area contributed by atoms with E-state index in [1.54, 1.807) is 0 Å². The van der Waals surface area contributed by atoms with Crippen molar-refractivity contribution < 1.29 is 9.32 Å². The highest BCUT2D eigenvalue weighted by atomic mass is 16.5. The summed E-state index contributed by atoms with van der Waals surface area (Å²) in [5.41, 5.74) is 1.77. The Bertz CT molecular complexity index is 922. The van der Waals surface area contributed by atoms with Crippen LogP contribution < -0.4 is 5.56 Å². The van der Waals surface area contributed by atoms with Crippen LogP contribution in [0.3, 0.4) is 0 Å². The van der Waals surface area contributed by atoms with E-state index in [1.165, 1.54) is 6.07 Å². The Morgan fingerprint density at radius 3 is 3.04 bits per heavy atom. The number of imidazole rings is 1. The number of para-hydroxylation sites is 2.